The third kappa shape index (κ3) is 4.98. The standard InChI is InChI=1S/C16H22IN3O/c1-11-5-3-4-6-15(11)19-20-16(21)12(2)18-14-9-7-13(17)8-10-14/h7-12,18H,3-6H2,1-2H3,(H,20,21)/b19-15-/t11-,12-/m1/s1. The molecule has 1 aliphatic carbocycles. The Balaban J connectivity index is 1.87. The molecule has 1 amide bonds. The molecular weight excluding hydrogens is 377 g/mol. The van der Waals surface area contributed by atoms with Crippen molar-refractivity contribution in [2.45, 2.75) is 45.6 Å². The lowest BCUT2D eigenvalue weighted by Crippen LogP contribution is -2.36. The number of benzene rings is 1. The van der Waals surface area contributed by atoms with E-state index < -0.39 is 0 Å². The van der Waals surface area contributed by atoms with E-state index in [0.717, 1.165) is 17.8 Å². The number of hydrogen-bond acceptors (Lipinski definition) is 3. The maximum Gasteiger partial charge on any atom is 0.262 e. The van der Waals surface area contributed by atoms with Crippen molar-refractivity contribution < 1.29 is 4.79 Å². The topological polar surface area (TPSA) is 53.5 Å². The Hall–Kier alpha value is -1.11. The zero-order valence-corrected chi connectivity index (χ0v) is 14.7. The molecule has 0 heterocycles. The van der Waals surface area contributed by atoms with E-state index in [2.05, 4.69) is 45.4 Å². The lowest BCUT2D eigenvalue weighted by molar-refractivity contribution is -0.121. The first-order chi connectivity index (χ1) is 10.1. The van der Waals surface area contributed by atoms with Crippen LogP contribution in [0.5, 0.6) is 0 Å². The van der Waals surface area contributed by atoms with Crippen molar-refractivity contribution in [1.82, 2.24) is 5.43 Å². The van der Waals surface area contributed by atoms with Gasteiger partial charge in [-0.25, -0.2) is 5.43 Å². The summed E-state index contributed by atoms with van der Waals surface area (Å²) in [4.78, 5) is 12.1. The molecule has 0 saturated heterocycles. The van der Waals surface area contributed by atoms with E-state index in [1.807, 2.05) is 31.2 Å². The molecule has 2 rings (SSSR count). The third-order valence-corrected chi connectivity index (χ3v) is 4.54. The van der Waals surface area contributed by atoms with E-state index in [4.69, 9.17) is 0 Å². The maximum atomic E-state index is 12.1. The molecule has 0 spiro atoms. The van der Waals surface area contributed by atoms with Gasteiger partial charge in [-0.3, -0.25) is 4.79 Å². The molecule has 0 unspecified atom stereocenters. The Morgan fingerprint density at radius 3 is 2.71 bits per heavy atom. The summed E-state index contributed by atoms with van der Waals surface area (Å²) in [6.45, 7) is 4.02. The number of nitrogens with one attached hydrogen (secondary N) is 2. The number of amides is 1. The predicted octanol–water partition coefficient (Wildman–Crippen LogP) is 3.77. The summed E-state index contributed by atoms with van der Waals surface area (Å²) in [6, 6.07) is 7.66. The molecule has 0 aliphatic heterocycles. The second kappa shape index (κ2) is 7.77. The van der Waals surface area contributed by atoms with Crippen LogP contribution in [0.1, 0.15) is 39.5 Å². The van der Waals surface area contributed by atoms with Crippen LogP contribution >= 0.6 is 22.6 Å². The molecule has 0 aromatic heterocycles. The number of hydrazone groups is 1. The van der Waals surface area contributed by atoms with Crippen molar-refractivity contribution in [1.29, 1.82) is 0 Å². The Kier molecular flexibility index (Phi) is 6.02. The van der Waals surface area contributed by atoms with Crippen LogP contribution in [0.2, 0.25) is 0 Å². The molecule has 21 heavy (non-hydrogen) atoms. The molecule has 4 nitrogen and oxygen atoms in total. The largest absolute Gasteiger partial charge is 0.374 e. The maximum absolute atomic E-state index is 12.1. The van der Waals surface area contributed by atoms with Gasteiger partial charge in [0.05, 0.1) is 0 Å². The summed E-state index contributed by atoms with van der Waals surface area (Å²) < 4.78 is 1.17. The average Bonchev–Trinajstić information content (AvgIpc) is 2.48. The number of anilines is 1. The number of carbonyl (C=O) groups excluding carboxylic acids is 1. The molecule has 1 fully saturated rings. The Morgan fingerprint density at radius 1 is 1.33 bits per heavy atom. The van der Waals surface area contributed by atoms with Gasteiger partial charge in [0, 0.05) is 15.0 Å². The highest BCUT2D eigenvalue weighted by atomic mass is 127. The smallest absolute Gasteiger partial charge is 0.262 e. The van der Waals surface area contributed by atoms with Gasteiger partial charge in [0.2, 0.25) is 0 Å². The fourth-order valence-electron chi connectivity index (χ4n) is 2.42. The van der Waals surface area contributed by atoms with E-state index in [9.17, 15) is 4.79 Å². The Morgan fingerprint density at radius 2 is 2.05 bits per heavy atom. The molecule has 2 N–H and O–H groups in total. The van der Waals surface area contributed by atoms with E-state index in [-0.39, 0.29) is 11.9 Å². The molecular formula is C16H22IN3O. The van der Waals surface area contributed by atoms with Crippen molar-refractivity contribution in [2.75, 3.05) is 5.32 Å². The van der Waals surface area contributed by atoms with Crippen molar-refractivity contribution >= 4 is 39.9 Å². The molecule has 0 bridgehead atoms. The van der Waals surface area contributed by atoms with E-state index in [1.54, 1.807) is 0 Å². The Labute approximate surface area is 139 Å². The zero-order valence-electron chi connectivity index (χ0n) is 12.5. The Bertz CT molecular complexity index is 513. The van der Waals surface area contributed by atoms with Gasteiger partial charge < -0.3 is 5.32 Å². The van der Waals surface area contributed by atoms with Gasteiger partial charge in [-0.2, -0.15) is 5.10 Å². The van der Waals surface area contributed by atoms with Crippen LogP contribution in [0.4, 0.5) is 5.69 Å². The van der Waals surface area contributed by atoms with Crippen LogP contribution in [-0.2, 0) is 4.79 Å². The highest BCUT2D eigenvalue weighted by Crippen LogP contribution is 2.20. The molecule has 1 aromatic carbocycles. The van der Waals surface area contributed by atoms with Gasteiger partial charge in [-0.15, -0.1) is 0 Å². The van der Waals surface area contributed by atoms with Gasteiger partial charge in [0.1, 0.15) is 6.04 Å². The highest BCUT2D eigenvalue weighted by Gasteiger charge is 2.17. The summed E-state index contributed by atoms with van der Waals surface area (Å²) in [7, 11) is 0. The first kappa shape index (κ1) is 16.3. The summed E-state index contributed by atoms with van der Waals surface area (Å²) >= 11 is 2.26. The molecule has 1 aliphatic rings. The quantitative estimate of drug-likeness (QED) is 0.598. The van der Waals surface area contributed by atoms with Crippen molar-refractivity contribution in [3.05, 3.63) is 27.8 Å². The summed E-state index contributed by atoms with van der Waals surface area (Å²) in [5.41, 5.74) is 4.76. The first-order valence-corrected chi connectivity index (χ1v) is 8.52. The first-order valence-electron chi connectivity index (χ1n) is 7.44. The van der Waals surface area contributed by atoms with Crippen LogP contribution in [0.25, 0.3) is 0 Å². The van der Waals surface area contributed by atoms with Gasteiger partial charge in [-0.1, -0.05) is 13.3 Å². The van der Waals surface area contributed by atoms with E-state index in [0.29, 0.717) is 5.92 Å². The molecule has 5 heteroatoms. The molecule has 1 saturated carbocycles. The fraction of sp³-hybridized carbons (Fsp3) is 0.500. The van der Waals surface area contributed by atoms with Gasteiger partial charge in [0.15, 0.2) is 0 Å². The SMILES string of the molecule is C[C@@H]1CCCC/C1=N/NC(=O)[C@@H](C)Nc1ccc(I)cc1. The van der Waals surface area contributed by atoms with Crippen LogP contribution in [-0.4, -0.2) is 17.7 Å². The number of carbonyl (C=O) groups is 1. The van der Waals surface area contributed by atoms with Crippen molar-refractivity contribution in [2.24, 2.45) is 11.0 Å². The number of rotatable bonds is 4. The van der Waals surface area contributed by atoms with Gasteiger partial charge in [-0.05, 0) is 79.0 Å². The zero-order chi connectivity index (χ0) is 15.2. The lowest BCUT2D eigenvalue weighted by Gasteiger charge is -2.20. The van der Waals surface area contributed by atoms with E-state index in [1.165, 1.54) is 22.8 Å². The van der Waals surface area contributed by atoms with Crippen molar-refractivity contribution in [3.63, 3.8) is 0 Å². The summed E-state index contributed by atoms with van der Waals surface area (Å²) in [6.07, 6.45) is 4.61. The van der Waals surface area contributed by atoms with Crippen LogP contribution in [0.3, 0.4) is 0 Å². The third-order valence-electron chi connectivity index (χ3n) is 3.82. The number of halogens is 1. The number of hydrogen-bond donors (Lipinski definition) is 2. The second-order valence-electron chi connectivity index (χ2n) is 5.60. The minimum atomic E-state index is -0.312. The minimum absolute atomic E-state index is 0.0983. The van der Waals surface area contributed by atoms with Gasteiger partial charge >= 0.3 is 0 Å². The minimum Gasteiger partial charge on any atom is -0.374 e. The van der Waals surface area contributed by atoms with Crippen molar-refractivity contribution in [3.8, 4) is 0 Å². The van der Waals surface area contributed by atoms with E-state index >= 15 is 0 Å². The summed E-state index contributed by atoms with van der Waals surface area (Å²) in [5, 5.41) is 7.50. The highest BCUT2D eigenvalue weighted by molar-refractivity contribution is 14.1. The summed E-state index contributed by atoms with van der Waals surface area (Å²) in [5.74, 6) is 0.386. The lowest BCUT2D eigenvalue weighted by atomic mass is 9.89. The second-order valence-corrected chi connectivity index (χ2v) is 6.84. The van der Waals surface area contributed by atoms with Crippen LogP contribution in [0, 0.1) is 9.49 Å². The van der Waals surface area contributed by atoms with Crippen LogP contribution < -0.4 is 10.7 Å². The molecule has 0 radical (unpaired) electrons. The monoisotopic (exact) mass is 399 g/mol. The predicted molar refractivity (Wildman–Crippen MR) is 95.5 cm³/mol. The van der Waals surface area contributed by atoms with Crippen LogP contribution in [0.15, 0.2) is 29.4 Å². The number of nitrogens with zero attached hydrogens (tertiary/aromatic N) is 1. The average molecular weight is 399 g/mol. The normalized spacial score (nSPS) is 21.9. The van der Waals surface area contributed by atoms with Gasteiger partial charge in [0.25, 0.3) is 5.91 Å². The molecule has 1 aromatic rings. The molecule has 2 atom stereocenters. The molecule has 114 valence electrons. The fourth-order valence-corrected chi connectivity index (χ4v) is 2.78.